The quantitative estimate of drug-likeness (QED) is 0.789. The summed E-state index contributed by atoms with van der Waals surface area (Å²) >= 11 is 0. The van der Waals surface area contributed by atoms with Gasteiger partial charge in [0.15, 0.2) is 0 Å². The first-order chi connectivity index (χ1) is 13.5. The van der Waals surface area contributed by atoms with Crippen LogP contribution in [0, 0.1) is 5.82 Å². The fraction of sp³-hybridized carbons (Fsp3) is 0.368. The van der Waals surface area contributed by atoms with Crippen LogP contribution in [0.2, 0.25) is 0 Å². The molecule has 0 spiro atoms. The van der Waals surface area contributed by atoms with Crippen LogP contribution in [-0.2, 0) is 16.1 Å². The van der Waals surface area contributed by atoms with Crippen molar-refractivity contribution in [3.8, 4) is 11.3 Å². The summed E-state index contributed by atoms with van der Waals surface area (Å²) in [6.07, 6.45) is 0.930. The molecule has 1 aliphatic rings. The van der Waals surface area contributed by atoms with Crippen molar-refractivity contribution in [1.29, 1.82) is 0 Å². The summed E-state index contributed by atoms with van der Waals surface area (Å²) in [6.45, 7) is 3.46. The average molecular weight is 388 g/mol. The van der Waals surface area contributed by atoms with Crippen LogP contribution in [-0.4, -0.2) is 64.1 Å². The minimum atomic E-state index is -0.383. The van der Waals surface area contributed by atoms with Gasteiger partial charge < -0.3 is 14.5 Å². The standard InChI is InChI=1S/C19H21FN4O4/c1-2-28-19(27)23-9-7-22(8-10-23)18(26)12-24-13-21-16(11-17(24)25)14-3-5-15(20)6-4-14/h3-6,11,13H,2,7-10,12H2,1H3. The van der Waals surface area contributed by atoms with E-state index >= 15 is 0 Å². The normalized spacial score (nSPS) is 14.1. The molecule has 8 nitrogen and oxygen atoms in total. The second kappa shape index (κ2) is 8.64. The van der Waals surface area contributed by atoms with Crippen LogP contribution >= 0.6 is 0 Å². The van der Waals surface area contributed by atoms with Crippen LogP contribution in [0.4, 0.5) is 9.18 Å². The van der Waals surface area contributed by atoms with Crippen LogP contribution < -0.4 is 5.56 Å². The second-order valence-electron chi connectivity index (χ2n) is 6.31. The summed E-state index contributed by atoms with van der Waals surface area (Å²) in [5.41, 5.74) is 0.664. The molecule has 3 rings (SSSR count). The number of piperazine rings is 1. The molecule has 148 valence electrons. The fourth-order valence-electron chi connectivity index (χ4n) is 2.92. The predicted molar refractivity (Wildman–Crippen MR) is 99.1 cm³/mol. The molecule has 1 fully saturated rings. The van der Waals surface area contributed by atoms with Gasteiger partial charge in [0.1, 0.15) is 12.4 Å². The van der Waals surface area contributed by atoms with Gasteiger partial charge in [-0.15, -0.1) is 0 Å². The zero-order valence-corrected chi connectivity index (χ0v) is 15.5. The third kappa shape index (κ3) is 4.54. The van der Waals surface area contributed by atoms with E-state index in [0.717, 1.165) is 0 Å². The highest BCUT2D eigenvalue weighted by Gasteiger charge is 2.25. The van der Waals surface area contributed by atoms with E-state index in [0.29, 0.717) is 44.0 Å². The van der Waals surface area contributed by atoms with Gasteiger partial charge in [-0.25, -0.2) is 14.2 Å². The van der Waals surface area contributed by atoms with E-state index in [9.17, 15) is 18.8 Å². The first-order valence-electron chi connectivity index (χ1n) is 9.00. The number of carbonyl (C=O) groups excluding carboxylic acids is 2. The maximum absolute atomic E-state index is 13.0. The molecule has 28 heavy (non-hydrogen) atoms. The second-order valence-corrected chi connectivity index (χ2v) is 6.31. The lowest BCUT2D eigenvalue weighted by molar-refractivity contribution is -0.133. The molecular weight excluding hydrogens is 367 g/mol. The molecule has 0 radical (unpaired) electrons. The maximum Gasteiger partial charge on any atom is 0.409 e. The van der Waals surface area contributed by atoms with Gasteiger partial charge >= 0.3 is 6.09 Å². The van der Waals surface area contributed by atoms with Crippen molar-refractivity contribution in [2.24, 2.45) is 0 Å². The molecule has 1 saturated heterocycles. The Bertz CT molecular complexity index is 905. The summed E-state index contributed by atoms with van der Waals surface area (Å²) in [6, 6.07) is 6.98. The maximum atomic E-state index is 13.0. The van der Waals surface area contributed by atoms with E-state index in [1.54, 1.807) is 16.7 Å². The van der Waals surface area contributed by atoms with Crippen LogP contribution in [0.15, 0.2) is 41.5 Å². The molecule has 1 aromatic carbocycles. The number of carbonyl (C=O) groups is 2. The van der Waals surface area contributed by atoms with E-state index in [2.05, 4.69) is 4.98 Å². The topological polar surface area (TPSA) is 84.7 Å². The number of halogens is 1. The molecule has 2 heterocycles. The van der Waals surface area contributed by atoms with E-state index in [1.807, 2.05) is 0 Å². The predicted octanol–water partition coefficient (Wildman–Crippen LogP) is 1.35. The van der Waals surface area contributed by atoms with Crippen molar-refractivity contribution in [1.82, 2.24) is 19.4 Å². The lowest BCUT2D eigenvalue weighted by atomic mass is 10.1. The number of hydrogen-bond acceptors (Lipinski definition) is 5. The van der Waals surface area contributed by atoms with Crippen molar-refractivity contribution in [3.05, 3.63) is 52.8 Å². The monoisotopic (exact) mass is 388 g/mol. The van der Waals surface area contributed by atoms with Crippen molar-refractivity contribution in [2.45, 2.75) is 13.5 Å². The van der Waals surface area contributed by atoms with Gasteiger partial charge in [-0.1, -0.05) is 0 Å². The summed E-state index contributed by atoms with van der Waals surface area (Å²) in [7, 11) is 0. The molecule has 0 unspecified atom stereocenters. The Morgan fingerprint density at radius 1 is 1.11 bits per heavy atom. The smallest absolute Gasteiger partial charge is 0.409 e. The molecule has 0 saturated carbocycles. The Labute approximate surface area is 161 Å². The van der Waals surface area contributed by atoms with Gasteiger partial charge in [0.2, 0.25) is 5.91 Å². The van der Waals surface area contributed by atoms with E-state index < -0.39 is 0 Å². The minimum Gasteiger partial charge on any atom is -0.450 e. The van der Waals surface area contributed by atoms with E-state index in [1.165, 1.54) is 41.2 Å². The lowest BCUT2D eigenvalue weighted by Gasteiger charge is -2.34. The van der Waals surface area contributed by atoms with Crippen LogP contribution in [0.1, 0.15) is 6.92 Å². The number of hydrogen-bond donors (Lipinski definition) is 0. The highest BCUT2D eigenvalue weighted by atomic mass is 19.1. The minimum absolute atomic E-state index is 0.130. The Morgan fingerprint density at radius 2 is 1.75 bits per heavy atom. The van der Waals surface area contributed by atoms with Gasteiger partial charge in [-0.2, -0.15) is 0 Å². The number of amides is 2. The molecule has 9 heteroatoms. The first-order valence-corrected chi connectivity index (χ1v) is 9.00. The zero-order valence-electron chi connectivity index (χ0n) is 15.5. The van der Waals surface area contributed by atoms with Crippen molar-refractivity contribution >= 4 is 12.0 Å². The Hall–Kier alpha value is -3.23. The third-order valence-electron chi connectivity index (χ3n) is 4.48. The molecule has 1 aromatic heterocycles. The summed E-state index contributed by atoms with van der Waals surface area (Å²) < 4.78 is 19.2. The Balaban J connectivity index is 1.61. The SMILES string of the molecule is CCOC(=O)N1CCN(C(=O)Cn2cnc(-c3ccc(F)cc3)cc2=O)CC1. The van der Waals surface area contributed by atoms with Crippen LogP contribution in [0.3, 0.4) is 0 Å². The summed E-state index contributed by atoms with van der Waals surface area (Å²) in [4.78, 5) is 43.9. The van der Waals surface area contributed by atoms with Gasteiger partial charge in [0, 0.05) is 37.8 Å². The third-order valence-corrected chi connectivity index (χ3v) is 4.48. The average Bonchev–Trinajstić information content (AvgIpc) is 2.70. The molecule has 0 N–H and O–H groups in total. The summed E-state index contributed by atoms with van der Waals surface area (Å²) in [5.74, 6) is -0.590. The van der Waals surface area contributed by atoms with Crippen molar-refractivity contribution in [3.63, 3.8) is 0 Å². The Morgan fingerprint density at radius 3 is 2.36 bits per heavy atom. The first kappa shape index (κ1) is 19.5. The molecule has 2 amide bonds. The fourth-order valence-corrected chi connectivity index (χ4v) is 2.92. The van der Waals surface area contributed by atoms with Gasteiger partial charge in [-0.3, -0.25) is 14.2 Å². The molecule has 2 aromatic rings. The number of aromatic nitrogens is 2. The zero-order chi connectivity index (χ0) is 20.1. The molecule has 0 aliphatic carbocycles. The molecule has 0 atom stereocenters. The highest BCUT2D eigenvalue weighted by molar-refractivity contribution is 5.76. The number of rotatable bonds is 4. The van der Waals surface area contributed by atoms with Gasteiger partial charge in [0.05, 0.1) is 18.6 Å². The number of nitrogens with zero attached hydrogens (tertiary/aromatic N) is 4. The largest absolute Gasteiger partial charge is 0.450 e. The molecule has 0 bridgehead atoms. The van der Waals surface area contributed by atoms with Crippen LogP contribution in [0.25, 0.3) is 11.3 Å². The molecular formula is C19H21FN4O4. The summed E-state index contributed by atoms with van der Waals surface area (Å²) in [5, 5.41) is 0. The Kier molecular flexibility index (Phi) is 6.03. The van der Waals surface area contributed by atoms with E-state index in [-0.39, 0.29) is 29.9 Å². The number of ether oxygens (including phenoxy) is 1. The highest BCUT2D eigenvalue weighted by Crippen LogP contribution is 2.15. The van der Waals surface area contributed by atoms with Crippen LogP contribution in [0.5, 0.6) is 0 Å². The van der Waals surface area contributed by atoms with Crippen molar-refractivity contribution < 1.29 is 18.7 Å². The molecule has 1 aliphatic heterocycles. The van der Waals surface area contributed by atoms with Gasteiger partial charge in [-0.05, 0) is 31.2 Å². The lowest BCUT2D eigenvalue weighted by Crippen LogP contribution is -2.51. The van der Waals surface area contributed by atoms with Crippen molar-refractivity contribution in [2.75, 3.05) is 32.8 Å². The number of benzene rings is 1. The van der Waals surface area contributed by atoms with Gasteiger partial charge in [0.25, 0.3) is 5.56 Å². The van der Waals surface area contributed by atoms with E-state index in [4.69, 9.17) is 4.74 Å².